The van der Waals surface area contributed by atoms with Crippen LogP contribution in [0.25, 0.3) is 0 Å². The first-order valence-electron chi connectivity index (χ1n) is 4.17. The molecule has 0 unspecified atom stereocenters. The summed E-state index contributed by atoms with van der Waals surface area (Å²) in [4.78, 5) is 8.00. The van der Waals surface area contributed by atoms with E-state index in [0.29, 0.717) is 0 Å². The Bertz CT molecular complexity index is 270. The molecule has 3 heteroatoms. The van der Waals surface area contributed by atoms with Gasteiger partial charge in [0.2, 0.25) is 0 Å². The highest BCUT2D eigenvalue weighted by atomic mass is 16.5. The maximum Gasteiger partial charge on any atom is 0.125 e. The van der Waals surface area contributed by atoms with E-state index in [2.05, 4.69) is 0 Å². The summed E-state index contributed by atoms with van der Waals surface area (Å²) in [5.74, 6) is 1.76. The van der Waals surface area contributed by atoms with E-state index < -0.39 is 0 Å². The Morgan fingerprint density at radius 2 is 1.36 bits per heavy atom. The van der Waals surface area contributed by atoms with Crippen molar-refractivity contribution in [1.29, 1.82) is 0 Å². The molecule has 0 atom stereocenters. The number of methoxy groups -OCH3 is 2. The van der Waals surface area contributed by atoms with Crippen LogP contribution in [-0.2, 0) is 4.79 Å². The molecule has 0 aliphatic carbocycles. The summed E-state index contributed by atoms with van der Waals surface area (Å²) >= 11 is 0. The average molecular weight is 196 g/mol. The van der Waals surface area contributed by atoms with E-state index in [-0.39, 0.29) is 0 Å². The number of carbonyl (C=O) groups excluding carboxylic acids is 1. The van der Waals surface area contributed by atoms with Crippen molar-refractivity contribution in [1.82, 2.24) is 0 Å². The number of hydrogen-bond acceptors (Lipinski definition) is 3. The lowest BCUT2D eigenvalue weighted by Gasteiger charge is -2.10. The van der Waals surface area contributed by atoms with Crippen LogP contribution in [0.1, 0.15) is 11.1 Å². The molecule has 0 N–H and O–H groups in total. The van der Waals surface area contributed by atoms with Crippen LogP contribution >= 0.6 is 0 Å². The maximum atomic E-state index is 8.00. The standard InChI is InChI=1S/C10H14O2.CH2O/c1-7-5-9(11-3)8(2)10(6-7)12-4;1-2/h5-6H,1-4H3;1H2. The van der Waals surface area contributed by atoms with Gasteiger partial charge in [-0.1, -0.05) is 0 Å². The molecule has 0 radical (unpaired) electrons. The molecule has 78 valence electrons. The van der Waals surface area contributed by atoms with Gasteiger partial charge in [-0.2, -0.15) is 0 Å². The molecule has 0 fully saturated rings. The summed E-state index contributed by atoms with van der Waals surface area (Å²) in [5, 5.41) is 0. The van der Waals surface area contributed by atoms with Crippen molar-refractivity contribution in [2.75, 3.05) is 14.2 Å². The SMILES string of the molecule is C=O.COc1cc(C)cc(OC)c1C. The average Bonchev–Trinajstić information content (AvgIpc) is 2.23. The third-order valence-corrected chi connectivity index (χ3v) is 1.90. The molecule has 0 bridgehead atoms. The second kappa shape index (κ2) is 6.02. The molecule has 0 aliphatic rings. The fourth-order valence-electron chi connectivity index (χ4n) is 1.22. The smallest absolute Gasteiger partial charge is 0.125 e. The summed E-state index contributed by atoms with van der Waals surface area (Å²) in [7, 11) is 3.34. The summed E-state index contributed by atoms with van der Waals surface area (Å²) in [6.45, 7) is 6.00. The zero-order valence-corrected chi connectivity index (χ0v) is 9.09. The minimum atomic E-state index is 0.881. The first-order valence-corrected chi connectivity index (χ1v) is 4.17. The van der Waals surface area contributed by atoms with E-state index in [4.69, 9.17) is 14.3 Å². The van der Waals surface area contributed by atoms with Gasteiger partial charge < -0.3 is 14.3 Å². The van der Waals surface area contributed by atoms with Crippen LogP contribution in [0.3, 0.4) is 0 Å². The van der Waals surface area contributed by atoms with E-state index in [9.17, 15) is 0 Å². The number of ether oxygens (including phenoxy) is 2. The molecule has 0 saturated heterocycles. The number of carbonyl (C=O) groups is 1. The molecule has 1 rings (SSSR count). The molecule has 14 heavy (non-hydrogen) atoms. The molecule has 0 saturated carbocycles. The van der Waals surface area contributed by atoms with Crippen LogP contribution in [-0.4, -0.2) is 21.0 Å². The van der Waals surface area contributed by atoms with Gasteiger partial charge in [-0.05, 0) is 31.5 Å². The zero-order chi connectivity index (χ0) is 11.1. The van der Waals surface area contributed by atoms with Gasteiger partial charge in [0.25, 0.3) is 0 Å². The van der Waals surface area contributed by atoms with Crippen molar-refractivity contribution in [3.8, 4) is 11.5 Å². The van der Waals surface area contributed by atoms with Crippen molar-refractivity contribution >= 4 is 6.79 Å². The fraction of sp³-hybridized carbons (Fsp3) is 0.364. The molecule has 0 heterocycles. The summed E-state index contributed by atoms with van der Waals surface area (Å²) in [6, 6.07) is 4.00. The normalized spacial score (nSPS) is 8.57. The second-order valence-electron chi connectivity index (χ2n) is 2.79. The van der Waals surface area contributed by atoms with E-state index in [1.807, 2.05) is 32.8 Å². The Balaban J connectivity index is 0.000000791. The number of hydrogen-bond donors (Lipinski definition) is 0. The van der Waals surface area contributed by atoms with Crippen LogP contribution in [0.15, 0.2) is 12.1 Å². The third kappa shape index (κ3) is 2.76. The third-order valence-electron chi connectivity index (χ3n) is 1.90. The van der Waals surface area contributed by atoms with Crippen molar-refractivity contribution in [3.05, 3.63) is 23.3 Å². The van der Waals surface area contributed by atoms with Crippen molar-refractivity contribution in [3.63, 3.8) is 0 Å². The van der Waals surface area contributed by atoms with Gasteiger partial charge >= 0.3 is 0 Å². The van der Waals surface area contributed by atoms with E-state index in [0.717, 1.165) is 22.6 Å². The molecule has 0 aliphatic heterocycles. The van der Waals surface area contributed by atoms with E-state index in [1.165, 1.54) is 0 Å². The van der Waals surface area contributed by atoms with Gasteiger partial charge in [0.05, 0.1) is 14.2 Å². The Morgan fingerprint density at radius 1 is 1.00 bits per heavy atom. The van der Waals surface area contributed by atoms with Gasteiger partial charge in [-0.3, -0.25) is 0 Å². The highest BCUT2D eigenvalue weighted by Crippen LogP contribution is 2.28. The molecule has 3 nitrogen and oxygen atoms in total. The topological polar surface area (TPSA) is 35.5 Å². The van der Waals surface area contributed by atoms with E-state index in [1.54, 1.807) is 14.2 Å². The minimum Gasteiger partial charge on any atom is -0.496 e. The van der Waals surface area contributed by atoms with Crippen LogP contribution in [0, 0.1) is 13.8 Å². The quantitative estimate of drug-likeness (QED) is 0.727. The lowest BCUT2D eigenvalue weighted by Crippen LogP contribution is -1.93. The monoisotopic (exact) mass is 196 g/mol. The lowest BCUT2D eigenvalue weighted by molar-refractivity contribution is -0.0979. The molecule has 0 aromatic heterocycles. The number of rotatable bonds is 2. The van der Waals surface area contributed by atoms with E-state index >= 15 is 0 Å². The predicted molar refractivity (Wildman–Crippen MR) is 56.1 cm³/mol. The summed E-state index contributed by atoms with van der Waals surface area (Å²) in [6.07, 6.45) is 0. The van der Waals surface area contributed by atoms with Crippen molar-refractivity contribution in [2.24, 2.45) is 0 Å². The Hall–Kier alpha value is -1.51. The van der Waals surface area contributed by atoms with Gasteiger partial charge in [-0.25, -0.2) is 0 Å². The molecule has 1 aromatic rings. The molecular weight excluding hydrogens is 180 g/mol. The Kier molecular flexibility index (Phi) is 5.37. The minimum absolute atomic E-state index is 0.881. The van der Waals surface area contributed by atoms with Gasteiger partial charge in [0.1, 0.15) is 18.3 Å². The van der Waals surface area contributed by atoms with Gasteiger partial charge in [0.15, 0.2) is 0 Å². The second-order valence-corrected chi connectivity index (χ2v) is 2.79. The molecule has 0 amide bonds. The Morgan fingerprint density at radius 3 is 1.64 bits per heavy atom. The van der Waals surface area contributed by atoms with Crippen LogP contribution in [0.2, 0.25) is 0 Å². The maximum absolute atomic E-state index is 8.00. The highest BCUT2D eigenvalue weighted by molar-refractivity contribution is 5.46. The predicted octanol–water partition coefficient (Wildman–Crippen LogP) is 2.14. The van der Waals surface area contributed by atoms with Gasteiger partial charge in [-0.15, -0.1) is 0 Å². The van der Waals surface area contributed by atoms with Crippen LogP contribution in [0.4, 0.5) is 0 Å². The summed E-state index contributed by atoms with van der Waals surface area (Å²) < 4.78 is 10.4. The first kappa shape index (κ1) is 12.5. The summed E-state index contributed by atoms with van der Waals surface area (Å²) in [5.41, 5.74) is 2.19. The molecular formula is C11H16O3. The highest BCUT2D eigenvalue weighted by Gasteiger charge is 2.05. The fourth-order valence-corrected chi connectivity index (χ4v) is 1.22. The van der Waals surface area contributed by atoms with Crippen molar-refractivity contribution < 1.29 is 14.3 Å². The lowest BCUT2D eigenvalue weighted by atomic mass is 10.1. The van der Waals surface area contributed by atoms with Crippen molar-refractivity contribution in [2.45, 2.75) is 13.8 Å². The molecule has 1 aromatic carbocycles. The Labute approximate surface area is 84.7 Å². The first-order chi connectivity index (χ1) is 6.69. The zero-order valence-electron chi connectivity index (χ0n) is 9.09. The molecule has 0 spiro atoms. The van der Waals surface area contributed by atoms with Gasteiger partial charge in [0, 0.05) is 5.56 Å². The largest absolute Gasteiger partial charge is 0.496 e. The number of benzene rings is 1. The van der Waals surface area contributed by atoms with Crippen LogP contribution < -0.4 is 9.47 Å². The number of aryl methyl sites for hydroxylation is 1. The van der Waals surface area contributed by atoms with Crippen LogP contribution in [0.5, 0.6) is 11.5 Å².